The maximum absolute atomic E-state index is 12.6. The summed E-state index contributed by atoms with van der Waals surface area (Å²) in [6, 6.07) is 13.8. The van der Waals surface area contributed by atoms with Crippen LogP contribution in [0.15, 0.2) is 66.0 Å². The normalized spacial score (nSPS) is 11.2. The minimum atomic E-state index is -4.44. The molecule has 0 radical (unpaired) electrons. The number of halogens is 3. The van der Waals surface area contributed by atoms with Gasteiger partial charge in [0.15, 0.2) is 0 Å². The van der Waals surface area contributed by atoms with Crippen LogP contribution in [0, 0.1) is 0 Å². The zero-order valence-electron chi connectivity index (χ0n) is 13.2. The van der Waals surface area contributed by atoms with E-state index < -0.39 is 17.6 Å². The van der Waals surface area contributed by atoms with Crippen LogP contribution < -0.4 is 5.32 Å². The number of amides is 1. The predicted molar refractivity (Wildman–Crippen MR) is 93.6 cm³/mol. The van der Waals surface area contributed by atoms with Crippen molar-refractivity contribution in [2.45, 2.75) is 6.18 Å². The van der Waals surface area contributed by atoms with Crippen molar-refractivity contribution < 1.29 is 22.8 Å². The average Bonchev–Trinajstić information content (AvgIpc) is 3.15. The summed E-state index contributed by atoms with van der Waals surface area (Å²) >= 11 is 1.27. The van der Waals surface area contributed by atoms with E-state index in [0.717, 1.165) is 12.1 Å². The Bertz CT molecular complexity index is 932. The molecule has 3 rings (SSSR count). The fraction of sp³-hybridized carbons (Fsp3) is 0.0526. The second-order valence-corrected chi connectivity index (χ2v) is 6.33. The monoisotopic (exact) mass is 375 g/mol. The standard InChI is InChI=1S/C19H12F3NO2S/c20-19(21,22)12-7-9-13(10-8-12)23-18(25)15-5-2-1-4-14(15)17(24)16-6-3-11-26-16/h1-11H,(H,23,25). The number of carbonyl (C=O) groups excluding carboxylic acids is 2. The summed E-state index contributed by atoms with van der Waals surface area (Å²) in [5.41, 5.74) is -0.199. The number of anilines is 1. The van der Waals surface area contributed by atoms with Gasteiger partial charge in [-0.05, 0) is 41.8 Å². The number of hydrogen-bond acceptors (Lipinski definition) is 3. The third-order valence-electron chi connectivity index (χ3n) is 3.63. The third kappa shape index (κ3) is 3.83. The van der Waals surface area contributed by atoms with E-state index in [9.17, 15) is 22.8 Å². The van der Waals surface area contributed by atoms with E-state index in [-0.39, 0.29) is 22.6 Å². The summed E-state index contributed by atoms with van der Waals surface area (Å²) < 4.78 is 37.8. The van der Waals surface area contributed by atoms with Crippen molar-refractivity contribution >= 4 is 28.7 Å². The first kappa shape index (κ1) is 17.9. The first-order chi connectivity index (χ1) is 12.4. The van der Waals surface area contributed by atoms with Gasteiger partial charge >= 0.3 is 6.18 Å². The Hall–Kier alpha value is -2.93. The van der Waals surface area contributed by atoms with Gasteiger partial charge in [-0.15, -0.1) is 11.3 Å². The fourth-order valence-electron chi connectivity index (χ4n) is 2.36. The Morgan fingerprint density at radius 1 is 0.846 bits per heavy atom. The minimum absolute atomic E-state index is 0.158. The highest BCUT2D eigenvalue weighted by molar-refractivity contribution is 7.12. The van der Waals surface area contributed by atoms with Crippen molar-refractivity contribution in [3.05, 3.63) is 87.6 Å². The molecule has 1 N–H and O–H groups in total. The lowest BCUT2D eigenvalue weighted by Crippen LogP contribution is -2.16. The zero-order valence-corrected chi connectivity index (χ0v) is 14.0. The topological polar surface area (TPSA) is 46.2 Å². The molecule has 2 aromatic carbocycles. The van der Waals surface area contributed by atoms with Crippen molar-refractivity contribution in [3.63, 3.8) is 0 Å². The van der Waals surface area contributed by atoms with Crippen molar-refractivity contribution in [3.8, 4) is 0 Å². The molecule has 1 heterocycles. The molecule has 26 heavy (non-hydrogen) atoms. The molecule has 132 valence electrons. The van der Waals surface area contributed by atoms with Crippen LogP contribution in [0.3, 0.4) is 0 Å². The molecule has 0 spiro atoms. The number of alkyl halides is 3. The van der Waals surface area contributed by atoms with Crippen LogP contribution >= 0.6 is 11.3 Å². The molecule has 0 saturated heterocycles. The van der Waals surface area contributed by atoms with Crippen molar-refractivity contribution in [1.29, 1.82) is 0 Å². The van der Waals surface area contributed by atoms with E-state index in [2.05, 4.69) is 5.32 Å². The zero-order chi connectivity index (χ0) is 18.7. The largest absolute Gasteiger partial charge is 0.416 e. The highest BCUT2D eigenvalue weighted by Gasteiger charge is 2.30. The molecule has 7 heteroatoms. The molecule has 0 saturated carbocycles. The molecular weight excluding hydrogens is 363 g/mol. The Morgan fingerprint density at radius 3 is 2.08 bits per heavy atom. The van der Waals surface area contributed by atoms with Crippen LogP contribution in [-0.2, 0) is 6.18 Å². The van der Waals surface area contributed by atoms with Gasteiger partial charge in [-0.3, -0.25) is 9.59 Å². The smallest absolute Gasteiger partial charge is 0.322 e. The fourth-order valence-corrected chi connectivity index (χ4v) is 3.04. The highest BCUT2D eigenvalue weighted by Crippen LogP contribution is 2.30. The average molecular weight is 375 g/mol. The molecule has 1 aromatic heterocycles. The molecule has 1 amide bonds. The summed E-state index contributed by atoms with van der Waals surface area (Å²) in [5.74, 6) is -0.844. The van der Waals surface area contributed by atoms with Gasteiger partial charge in [-0.25, -0.2) is 0 Å². The number of hydrogen-bond donors (Lipinski definition) is 1. The number of rotatable bonds is 4. The summed E-state index contributed by atoms with van der Waals surface area (Å²) in [7, 11) is 0. The lowest BCUT2D eigenvalue weighted by atomic mass is 10.0. The number of benzene rings is 2. The van der Waals surface area contributed by atoms with Gasteiger partial charge in [0.1, 0.15) is 0 Å². The first-order valence-electron chi connectivity index (χ1n) is 7.52. The molecule has 0 fully saturated rings. The quantitative estimate of drug-likeness (QED) is 0.633. The number of ketones is 1. The molecule has 3 nitrogen and oxygen atoms in total. The first-order valence-corrected chi connectivity index (χ1v) is 8.40. The van der Waals surface area contributed by atoms with Crippen LogP contribution in [0.1, 0.15) is 31.2 Å². The van der Waals surface area contributed by atoms with Crippen LogP contribution in [-0.4, -0.2) is 11.7 Å². The molecule has 0 aliphatic heterocycles. The van der Waals surface area contributed by atoms with Crippen molar-refractivity contribution in [2.75, 3.05) is 5.32 Å². The van der Waals surface area contributed by atoms with Gasteiger partial charge in [0.05, 0.1) is 16.0 Å². The van der Waals surface area contributed by atoms with Crippen LogP contribution in [0.5, 0.6) is 0 Å². The molecule has 0 atom stereocenters. The molecule has 0 aliphatic rings. The lowest BCUT2D eigenvalue weighted by Gasteiger charge is -2.10. The Kier molecular flexibility index (Phi) is 4.90. The van der Waals surface area contributed by atoms with E-state index in [4.69, 9.17) is 0 Å². The van der Waals surface area contributed by atoms with E-state index in [1.807, 2.05) is 0 Å². The molecular formula is C19H12F3NO2S. The molecule has 0 bridgehead atoms. The summed E-state index contributed by atoms with van der Waals surface area (Å²) in [6.45, 7) is 0. The number of carbonyl (C=O) groups is 2. The maximum Gasteiger partial charge on any atom is 0.416 e. The van der Waals surface area contributed by atoms with Gasteiger partial charge in [-0.2, -0.15) is 13.2 Å². The maximum atomic E-state index is 12.6. The second kappa shape index (κ2) is 7.13. The van der Waals surface area contributed by atoms with Gasteiger partial charge in [0.25, 0.3) is 5.91 Å². The van der Waals surface area contributed by atoms with Gasteiger partial charge < -0.3 is 5.32 Å². The van der Waals surface area contributed by atoms with E-state index in [1.54, 1.807) is 35.7 Å². The lowest BCUT2D eigenvalue weighted by molar-refractivity contribution is -0.137. The van der Waals surface area contributed by atoms with Gasteiger partial charge in [0.2, 0.25) is 5.78 Å². The van der Waals surface area contributed by atoms with Gasteiger partial charge in [-0.1, -0.05) is 24.3 Å². The van der Waals surface area contributed by atoms with Crippen LogP contribution in [0.2, 0.25) is 0 Å². The number of thiophene rings is 1. The van der Waals surface area contributed by atoms with Crippen LogP contribution in [0.4, 0.5) is 18.9 Å². The van der Waals surface area contributed by atoms with E-state index in [1.165, 1.54) is 29.5 Å². The minimum Gasteiger partial charge on any atom is -0.322 e. The SMILES string of the molecule is O=C(Nc1ccc(C(F)(F)F)cc1)c1ccccc1C(=O)c1cccs1. The van der Waals surface area contributed by atoms with Crippen molar-refractivity contribution in [1.82, 2.24) is 0 Å². The molecule has 3 aromatic rings. The summed E-state index contributed by atoms with van der Waals surface area (Å²) in [4.78, 5) is 25.6. The third-order valence-corrected chi connectivity index (χ3v) is 4.50. The summed E-state index contributed by atoms with van der Waals surface area (Å²) in [5, 5.41) is 4.28. The van der Waals surface area contributed by atoms with Gasteiger partial charge in [0, 0.05) is 11.3 Å². The summed E-state index contributed by atoms with van der Waals surface area (Å²) in [6.07, 6.45) is -4.44. The predicted octanol–water partition coefficient (Wildman–Crippen LogP) is 5.25. The van der Waals surface area contributed by atoms with E-state index in [0.29, 0.717) is 4.88 Å². The second-order valence-electron chi connectivity index (χ2n) is 5.38. The Morgan fingerprint density at radius 2 is 1.50 bits per heavy atom. The Labute approximate surface area is 151 Å². The highest BCUT2D eigenvalue weighted by atomic mass is 32.1. The number of nitrogens with one attached hydrogen (secondary N) is 1. The Balaban J connectivity index is 1.84. The molecule has 0 aliphatic carbocycles. The van der Waals surface area contributed by atoms with E-state index >= 15 is 0 Å². The molecule has 0 unspecified atom stereocenters. The van der Waals surface area contributed by atoms with Crippen LogP contribution in [0.25, 0.3) is 0 Å². The van der Waals surface area contributed by atoms with Crippen molar-refractivity contribution in [2.24, 2.45) is 0 Å².